The Bertz CT molecular complexity index is 694. The maximum absolute atomic E-state index is 3.50. The van der Waals surface area contributed by atoms with Gasteiger partial charge in [0, 0.05) is 0 Å². The summed E-state index contributed by atoms with van der Waals surface area (Å²) in [5.74, 6) is 4.29. The van der Waals surface area contributed by atoms with Crippen LogP contribution < -0.4 is 0 Å². The average molecular weight is 433 g/mol. The number of rotatable bonds is 3. The third-order valence-electron chi connectivity index (χ3n) is 8.21. The lowest BCUT2D eigenvalue weighted by Crippen LogP contribution is -2.23. The fourth-order valence-electron chi connectivity index (χ4n) is 6.30. The summed E-state index contributed by atoms with van der Waals surface area (Å²) < 4.78 is 0. The lowest BCUT2D eigenvalue weighted by molar-refractivity contribution is 0.176. The lowest BCUT2D eigenvalue weighted by atomic mass is 9.71. The molecular weight excluding hydrogens is 384 g/mol. The number of hydrogen-bond donors (Lipinski definition) is 0. The van der Waals surface area contributed by atoms with Crippen LogP contribution in [0.15, 0.2) is 53.6 Å². The van der Waals surface area contributed by atoms with Crippen LogP contribution in [0.2, 0.25) is 0 Å². The van der Waals surface area contributed by atoms with Crippen molar-refractivity contribution in [3.05, 3.63) is 53.6 Å². The molecule has 1 saturated carbocycles. The van der Waals surface area contributed by atoms with Crippen LogP contribution in [-0.2, 0) is 0 Å². The topological polar surface area (TPSA) is 0 Å². The van der Waals surface area contributed by atoms with Crippen molar-refractivity contribution in [1.29, 1.82) is 0 Å². The molecule has 0 N–H and O–H groups in total. The van der Waals surface area contributed by atoms with Crippen molar-refractivity contribution in [3.8, 4) is 0 Å². The van der Waals surface area contributed by atoms with Crippen LogP contribution in [0.1, 0.15) is 116 Å². The highest BCUT2D eigenvalue weighted by molar-refractivity contribution is 4.98. The average Bonchev–Trinajstić information content (AvgIpc) is 2.81. The molecule has 0 radical (unpaired) electrons. The highest BCUT2D eigenvalue weighted by Crippen LogP contribution is 2.40. The second-order valence-corrected chi connectivity index (χ2v) is 11.0. The minimum absolute atomic E-state index is 0.680. The van der Waals surface area contributed by atoms with E-state index in [0.29, 0.717) is 5.92 Å². The normalized spacial score (nSPS) is 34.1. The van der Waals surface area contributed by atoms with Crippen LogP contribution in [-0.4, -0.2) is 0 Å². The third kappa shape index (κ3) is 10.0. The Kier molecular flexibility index (Phi) is 12.1. The summed E-state index contributed by atoms with van der Waals surface area (Å²) in [6.45, 7) is 2.42. The van der Waals surface area contributed by atoms with Gasteiger partial charge in [0.25, 0.3) is 0 Å². The second-order valence-electron chi connectivity index (χ2n) is 11.0. The van der Waals surface area contributed by atoms with E-state index in [1.54, 1.807) is 0 Å². The van der Waals surface area contributed by atoms with Gasteiger partial charge in [0.2, 0.25) is 0 Å². The molecule has 3 aliphatic rings. The summed E-state index contributed by atoms with van der Waals surface area (Å²) in [5.41, 5.74) is 9.93. The first kappa shape index (κ1) is 25.2. The molecule has 0 amide bonds. The van der Waals surface area contributed by atoms with E-state index < -0.39 is 0 Å². The second kappa shape index (κ2) is 15.4. The zero-order valence-corrected chi connectivity index (χ0v) is 20.9. The Labute approximate surface area is 199 Å². The van der Waals surface area contributed by atoms with Gasteiger partial charge in [0.05, 0.1) is 0 Å². The van der Waals surface area contributed by atoms with Gasteiger partial charge in [-0.25, -0.2) is 0 Å². The van der Waals surface area contributed by atoms with Crippen LogP contribution in [0.3, 0.4) is 0 Å². The predicted molar refractivity (Wildman–Crippen MR) is 140 cm³/mol. The van der Waals surface area contributed by atoms with Crippen molar-refractivity contribution in [1.82, 2.24) is 0 Å². The molecule has 0 saturated heterocycles. The Hall–Kier alpha value is -1.44. The standard InChI is InChI=1S/C32H48/c1-28-18-14-10-6-3-2-4-7-11-15-19-30(26-28)27-29-22-24-32(25-23-29)31-20-16-12-8-5-9-13-17-21-31/h5,10,12,16-18,28-32H,2-4,6-8,11,15,19-27H2,1H3/b16-12+,17-5?. The monoisotopic (exact) mass is 432 g/mol. The van der Waals surface area contributed by atoms with Gasteiger partial charge in [-0.2, -0.15) is 0 Å². The predicted octanol–water partition coefficient (Wildman–Crippen LogP) is 9.89. The van der Waals surface area contributed by atoms with Gasteiger partial charge in [0.1, 0.15) is 0 Å². The molecule has 3 unspecified atom stereocenters. The van der Waals surface area contributed by atoms with Crippen molar-refractivity contribution >= 4 is 0 Å². The zero-order chi connectivity index (χ0) is 22.3. The molecule has 0 bridgehead atoms. The summed E-state index contributed by atoms with van der Waals surface area (Å²) in [6.07, 6.45) is 37.0. The van der Waals surface area contributed by atoms with Gasteiger partial charge in [-0.05, 0) is 112 Å². The molecule has 0 aromatic carbocycles. The van der Waals surface area contributed by atoms with Crippen LogP contribution in [0.5, 0.6) is 0 Å². The fraction of sp³-hybridized carbons (Fsp3) is 0.719. The van der Waals surface area contributed by atoms with Crippen molar-refractivity contribution < 1.29 is 0 Å². The fourth-order valence-corrected chi connectivity index (χ4v) is 6.30. The first-order chi connectivity index (χ1) is 15.8. The summed E-state index contributed by atoms with van der Waals surface area (Å²) in [6, 6.07) is 0. The van der Waals surface area contributed by atoms with Gasteiger partial charge in [-0.1, -0.05) is 81.9 Å². The van der Waals surface area contributed by atoms with Crippen LogP contribution in [0.25, 0.3) is 0 Å². The Morgan fingerprint density at radius 2 is 1.47 bits per heavy atom. The van der Waals surface area contributed by atoms with E-state index in [2.05, 4.69) is 60.6 Å². The van der Waals surface area contributed by atoms with Crippen molar-refractivity contribution in [2.24, 2.45) is 29.6 Å². The summed E-state index contributed by atoms with van der Waals surface area (Å²) >= 11 is 0. The van der Waals surface area contributed by atoms with Gasteiger partial charge in [-0.15, -0.1) is 5.73 Å². The SMILES string of the molecule is CC1C=C=CCCCCCCCCC(CC2CCC(C3CC=C=C=CC/C=C/C3)CC2)C1. The van der Waals surface area contributed by atoms with E-state index in [1.165, 1.54) is 103 Å². The molecule has 3 atom stereocenters. The molecule has 0 heterocycles. The molecule has 3 rings (SSSR count). The molecule has 1 fully saturated rings. The molecule has 0 aliphatic heterocycles. The Morgan fingerprint density at radius 1 is 0.688 bits per heavy atom. The molecule has 0 aromatic rings. The van der Waals surface area contributed by atoms with E-state index in [0.717, 1.165) is 30.1 Å². The molecule has 0 aromatic heterocycles. The van der Waals surface area contributed by atoms with E-state index in [-0.39, 0.29) is 0 Å². The molecule has 0 heteroatoms. The minimum Gasteiger partial charge on any atom is -0.129 e. The first-order valence-electron chi connectivity index (χ1n) is 14.0. The van der Waals surface area contributed by atoms with E-state index in [1.807, 2.05) is 0 Å². The number of hydrogen-bond acceptors (Lipinski definition) is 0. The van der Waals surface area contributed by atoms with Crippen LogP contribution in [0.4, 0.5) is 0 Å². The van der Waals surface area contributed by atoms with Gasteiger partial charge >= 0.3 is 0 Å². The van der Waals surface area contributed by atoms with E-state index in [9.17, 15) is 0 Å². The Morgan fingerprint density at radius 3 is 2.34 bits per heavy atom. The quantitative estimate of drug-likeness (QED) is 0.307. The highest BCUT2D eigenvalue weighted by Gasteiger charge is 2.28. The maximum Gasteiger partial charge on any atom is -0.00865 e. The maximum atomic E-state index is 3.50. The van der Waals surface area contributed by atoms with Gasteiger partial charge < -0.3 is 0 Å². The molecule has 0 spiro atoms. The van der Waals surface area contributed by atoms with E-state index in [4.69, 9.17) is 0 Å². The molecular formula is C32H48. The summed E-state index contributed by atoms with van der Waals surface area (Å²) in [4.78, 5) is 0. The summed E-state index contributed by atoms with van der Waals surface area (Å²) in [7, 11) is 0. The van der Waals surface area contributed by atoms with Crippen LogP contribution >= 0.6 is 0 Å². The summed E-state index contributed by atoms with van der Waals surface area (Å²) in [5, 5.41) is 0. The smallest absolute Gasteiger partial charge is 0.00865 e. The van der Waals surface area contributed by atoms with Crippen LogP contribution in [0, 0.1) is 29.6 Å². The van der Waals surface area contributed by atoms with Crippen molar-refractivity contribution in [3.63, 3.8) is 0 Å². The van der Waals surface area contributed by atoms with E-state index >= 15 is 0 Å². The third-order valence-corrected chi connectivity index (χ3v) is 8.21. The van der Waals surface area contributed by atoms with Crippen molar-refractivity contribution in [2.75, 3.05) is 0 Å². The Balaban J connectivity index is 1.50. The number of allylic oxidation sites excluding steroid dienone is 5. The van der Waals surface area contributed by atoms with Gasteiger partial charge in [0.15, 0.2) is 0 Å². The molecule has 3 aliphatic carbocycles. The molecule has 176 valence electrons. The van der Waals surface area contributed by atoms with Crippen molar-refractivity contribution in [2.45, 2.75) is 116 Å². The lowest BCUT2D eigenvalue weighted by Gasteiger charge is -2.35. The molecule has 32 heavy (non-hydrogen) atoms. The van der Waals surface area contributed by atoms with Gasteiger partial charge in [-0.3, -0.25) is 0 Å². The largest absolute Gasteiger partial charge is 0.129 e. The highest BCUT2D eigenvalue weighted by atomic mass is 14.3. The zero-order valence-electron chi connectivity index (χ0n) is 20.9. The first-order valence-corrected chi connectivity index (χ1v) is 14.0. The minimum atomic E-state index is 0.680. The molecule has 0 nitrogen and oxygen atoms in total.